The highest BCUT2D eigenvalue weighted by Crippen LogP contribution is 2.21. The molecule has 0 spiro atoms. The van der Waals surface area contributed by atoms with Crippen LogP contribution >= 0.6 is 0 Å². The summed E-state index contributed by atoms with van der Waals surface area (Å²) in [6.45, 7) is 10.9. The number of rotatable bonds is 3. The minimum atomic E-state index is -1.05. The molecule has 0 aromatic carbocycles. The molecule has 0 heterocycles. The van der Waals surface area contributed by atoms with Gasteiger partial charge in [0.15, 0.2) is 0 Å². The first-order valence-electron chi connectivity index (χ1n) is 5.63. The Morgan fingerprint density at radius 3 is 1.94 bits per heavy atom. The van der Waals surface area contributed by atoms with Crippen LogP contribution in [0.15, 0.2) is 0 Å². The number of alkyl carbamates (subject to hydrolysis) is 1. The summed E-state index contributed by atoms with van der Waals surface area (Å²) in [5.74, 6) is -1.05. The molecule has 0 saturated heterocycles. The molecule has 100 valence electrons. The van der Waals surface area contributed by atoms with Crippen molar-refractivity contribution < 1.29 is 19.4 Å². The van der Waals surface area contributed by atoms with Gasteiger partial charge in [0.25, 0.3) is 0 Å². The van der Waals surface area contributed by atoms with E-state index in [1.54, 1.807) is 20.8 Å². The zero-order valence-corrected chi connectivity index (χ0v) is 11.5. The largest absolute Gasteiger partial charge is 0.480 e. The Morgan fingerprint density at radius 2 is 1.65 bits per heavy atom. The molecular weight excluding hydrogens is 222 g/mol. The molecule has 5 nitrogen and oxygen atoms in total. The van der Waals surface area contributed by atoms with Gasteiger partial charge in [0.2, 0.25) is 0 Å². The zero-order chi connectivity index (χ0) is 13.9. The molecule has 1 amide bonds. The Kier molecular flexibility index (Phi) is 4.98. The van der Waals surface area contributed by atoms with Crippen LogP contribution in [-0.2, 0) is 9.53 Å². The first-order valence-corrected chi connectivity index (χ1v) is 5.63. The Balaban J connectivity index is 4.47. The van der Waals surface area contributed by atoms with Gasteiger partial charge in [-0.05, 0) is 32.6 Å². The van der Waals surface area contributed by atoms with E-state index < -0.39 is 23.7 Å². The molecule has 17 heavy (non-hydrogen) atoms. The minimum absolute atomic E-state index is 0.182. The zero-order valence-electron chi connectivity index (χ0n) is 11.5. The monoisotopic (exact) mass is 245 g/mol. The standard InChI is InChI=1S/C12H23NO4/c1-11(2,3)7-8(9(14)15)13-10(16)17-12(4,5)6/h8H,7H2,1-6H3,(H,13,16)(H,14,15). The van der Waals surface area contributed by atoms with Crippen molar-refractivity contribution in [1.29, 1.82) is 0 Å². The van der Waals surface area contributed by atoms with Crippen molar-refractivity contribution in [3.8, 4) is 0 Å². The van der Waals surface area contributed by atoms with Gasteiger partial charge >= 0.3 is 12.1 Å². The molecule has 1 atom stereocenters. The third-order valence-electron chi connectivity index (χ3n) is 1.81. The maximum absolute atomic E-state index is 11.5. The van der Waals surface area contributed by atoms with E-state index >= 15 is 0 Å². The first kappa shape index (κ1) is 15.7. The highest BCUT2D eigenvalue weighted by atomic mass is 16.6. The predicted octanol–water partition coefficient (Wildman–Crippen LogP) is 2.40. The van der Waals surface area contributed by atoms with Crippen molar-refractivity contribution >= 4 is 12.1 Å². The third kappa shape index (κ3) is 8.54. The Hall–Kier alpha value is -1.26. The highest BCUT2D eigenvalue weighted by molar-refractivity contribution is 5.80. The van der Waals surface area contributed by atoms with E-state index in [2.05, 4.69) is 5.32 Å². The number of aliphatic carboxylic acids is 1. The van der Waals surface area contributed by atoms with Crippen molar-refractivity contribution in [3.05, 3.63) is 0 Å². The summed E-state index contributed by atoms with van der Waals surface area (Å²) in [6.07, 6.45) is -0.351. The number of carboxylic acid groups (broad SMARTS) is 1. The molecule has 0 saturated carbocycles. The number of carbonyl (C=O) groups excluding carboxylic acids is 1. The molecule has 2 N–H and O–H groups in total. The topological polar surface area (TPSA) is 75.6 Å². The smallest absolute Gasteiger partial charge is 0.408 e. The maximum atomic E-state index is 11.5. The van der Waals surface area contributed by atoms with Gasteiger partial charge in [-0.2, -0.15) is 0 Å². The molecule has 1 unspecified atom stereocenters. The number of ether oxygens (including phenoxy) is 1. The molecule has 0 aliphatic carbocycles. The van der Waals surface area contributed by atoms with Crippen molar-refractivity contribution in [2.45, 2.75) is 59.6 Å². The number of carboxylic acids is 1. The molecule has 0 rings (SSSR count). The van der Waals surface area contributed by atoms with Crippen molar-refractivity contribution in [2.75, 3.05) is 0 Å². The fourth-order valence-electron chi connectivity index (χ4n) is 1.26. The van der Waals surface area contributed by atoms with Crippen molar-refractivity contribution in [2.24, 2.45) is 5.41 Å². The number of hydrogen-bond acceptors (Lipinski definition) is 3. The van der Waals surface area contributed by atoms with Crippen LogP contribution < -0.4 is 5.32 Å². The second-order valence-corrected chi connectivity index (χ2v) is 6.30. The molecule has 0 aromatic rings. The second-order valence-electron chi connectivity index (χ2n) is 6.30. The van der Waals surface area contributed by atoms with Gasteiger partial charge in [-0.25, -0.2) is 9.59 Å². The van der Waals surface area contributed by atoms with Crippen LogP contribution in [0.2, 0.25) is 0 Å². The third-order valence-corrected chi connectivity index (χ3v) is 1.81. The van der Waals surface area contributed by atoms with Crippen LogP contribution in [-0.4, -0.2) is 28.8 Å². The van der Waals surface area contributed by atoms with E-state index in [-0.39, 0.29) is 5.41 Å². The highest BCUT2D eigenvalue weighted by Gasteiger charge is 2.27. The average Bonchev–Trinajstić information content (AvgIpc) is 1.95. The Labute approximate surface area is 103 Å². The lowest BCUT2D eigenvalue weighted by Crippen LogP contribution is -2.45. The average molecular weight is 245 g/mol. The van der Waals surface area contributed by atoms with Crippen LogP contribution in [0.1, 0.15) is 48.0 Å². The van der Waals surface area contributed by atoms with Crippen molar-refractivity contribution in [1.82, 2.24) is 5.32 Å². The summed E-state index contributed by atoms with van der Waals surface area (Å²) in [7, 11) is 0. The summed E-state index contributed by atoms with van der Waals surface area (Å²) < 4.78 is 5.02. The fraction of sp³-hybridized carbons (Fsp3) is 0.833. The van der Waals surface area contributed by atoms with Crippen LogP contribution in [0.3, 0.4) is 0 Å². The minimum Gasteiger partial charge on any atom is -0.480 e. The van der Waals surface area contributed by atoms with Gasteiger partial charge in [0.1, 0.15) is 11.6 Å². The van der Waals surface area contributed by atoms with Crippen LogP contribution in [0, 0.1) is 5.41 Å². The van der Waals surface area contributed by atoms with Crippen molar-refractivity contribution in [3.63, 3.8) is 0 Å². The van der Waals surface area contributed by atoms with Gasteiger partial charge < -0.3 is 15.2 Å². The number of hydrogen-bond donors (Lipinski definition) is 2. The van der Waals surface area contributed by atoms with Gasteiger partial charge in [-0.1, -0.05) is 20.8 Å². The van der Waals surface area contributed by atoms with Crippen LogP contribution in [0.4, 0.5) is 4.79 Å². The molecule has 0 bridgehead atoms. The Bertz CT molecular complexity index is 286. The summed E-state index contributed by atoms with van der Waals surface area (Å²) in [5, 5.41) is 11.4. The van der Waals surface area contributed by atoms with E-state index in [1.807, 2.05) is 20.8 Å². The number of nitrogens with one attached hydrogen (secondary N) is 1. The van der Waals surface area contributed by atoms with E-state index in [1.165, 1.54) is 0 Å². The predicted molar refractivity (Wildman–Crippen MR) is 64.9 cm³/mol. The van der Waals surface area contributed by atoms with Gasteiger partial charge in [0.05, 0.1) is 0 Å². The fourth-order valence-corrected chi connectivity index (χ4v) is 1.26. The van der Waals surface area contributed by atoms with Gasteiger partial charge in [-0.15, -0.1) is 0 Å². The molecule has 5 heteroatoms. The number of amides is 1. The second kappa shape index (κ2) is 5.38. The summed E-state index contributed by atoms with van der Waals surface area (Å²) in [4.78, 5) is 22.5. The molecule has 0 aliphatic rings. The molecule has 0 fully saturated rings. The quantitative estimate of drug-likeness (QED) is 0.800. The Morgan fingerprint density at radius 1 is 1.18 bits per heavy atom. The normalized spacial score (nSPS) is 14.0. The first-order chi connectivity index (χ1) is 7.41. The molecule has 0 aromatic heterocycles. The van der Waals surface area contributed by atoms with E-state index in [4.69, 9.17) is 9.84 Å². The maximum Gasteiger partial charge on any atom is 0.408 e. The lowest BCUT2D eigenvalue weighted by atomic mass is 9.88. The number of carbonyl (C=O) groups is 2. The van der Waals surface area contributed by atoms with Crippen LogP contribution in [0.25, 0.3) is 0 Å². The van der Waals surface area contributed by atoms with Gasteiger partial charge in [0, 0.05) is 0 Å². The summed E-state index contributed by atoms with van der Waals surface area (Å²) in [5.41, 5.74) is -0.813. The van der Waals surface area contributed by atoms with E-state index in [0.717, 1.165) is 0 Å². The lowest BCUT2D eigenvalue weighted by Gasteiger charge is -2.26. The molecule has 0 radical (unpaired) electrons. The van der Waals surface area contributed by atoms with Gasteiger partial charge in [-0.3, -0.25) is 0 Å². The summed E-state index contributed by atoms with van der Waals surface area (Å²) in [6, 6.07) is -0.926. The summed E-state index contributed by atoms with van der Waals surface area (Å²) >= 11 is 0. The van der Waals surface area contributed by atoms with E-state index in [0.29, 0.717) is 6.42 Å². The van der Waals surface area contributed by atoms with E-state index in [9.17, 15) is 9.59 Å². The molecule has 0 aliphatic heterocycles. The lowest BCUT2D eigenvalue weighted by molar-refractivity contribution is -0.140. The molecular formula is C12H23NO4. The van der Waals surface area contributed by atoms with Crippen LogP contribution in [0.5, 0.6) is 0 Å². The SMILES string of the molecule is CC(C)(C)CC(NC(=O)OC(C)(C)C)C(=O)O.